The molecular formula is C14H18N4O. The number of carbonyl (C=O) groups excluding carboxylic acids is 1. The molecule has 3 N–H and O–H groups in total. The van der Waals surface area contributed by atoms with Gasteiger partial charge in [0.25, 0.3) is 0 Å². The van der Waals surface area contributed by atoms with Gasteiger partial charge in [-0.05, 0) is 43.9 Å². The molecule has 0 saturated heterocycles. The number of amides is 1. The molecule has 0 spiro atoms. The average molecular weight is 258 g/mol. The second kappa shape index (κ2) is 6.13. The summed E-state index contributed by atoms with van der Waals surface area (Å²) < 4.78 is 0. The summed E-state index contributed by atoms with van der Waals surface area (Å²) in [6, 6.07) is 0. The van der Waals surface area contributed by atoms with Crippen LogP contribution < -0.4 is 11.1 Å². The highest BCUT2D eigenvalue weighted by molar-refractivity contribution is 5.93. The quantitative estimate of drug-likeness (QED) is 0.762. The number of nitrogens with two attached hydrogens (primary N) is 1. The molecule has 0 bridgehead atoms. The summed E-state index contributed by atoms with van der Waals surface area (Å²) in [6.07, 6.45) is 10.6. The lowest BCUT2D eigenvalue weighted by Gasteiger charge is -2.10. The summed E-state index contributed by atoms with van der Waals surface area (Å²) in [5.41, 5.74) is 9.19. The zero-order chi connectivity index (χ0) is 13.7. The summed E-state index contributed by atoms with van der Waals surface area (Å²) in [6.45, 7) is 0. The predicted octanol–water partition coefficient (Wildman–Crippen LogP) is 2.31. The number of azo groups is 1. The number of allylic oxidation sites excluding steroid dienone is 7. The zero-order valence-electron chi connectivity index (χ0n) is 11.0. The van der Waals surface area contributed by atoms with Gasteiger partial charge in [-0.15, -0.1) is 0 Å². The maximum absolute atomic E-state index is 11.4. The van der Waals surface area contributed by atoms with Crippen LogP contribution in [0.2, 0.25) is 0 Å². The minimum atomic E-state index is -0.0251. The summed E-state index contributed by atoms with van der Waals surface area (Å²) >= 11 is 0. The number of likely N-dealkylation sites (N-methyl/N-ethyl adjacent to an activating group) is 1. The maximum Gasteiger partial charge on any atom is 0.246 e. The van der Waals surface area contributed by atoms with Crippen molar-refractivity contribution < 1.29 is 4.79 Å². The van der Waals surface area contributed by atoms with Crippen molar-refractivity contribution in [2.75, 3.05) is 7.05 Å². The highest BCUT2D eigenvalue weighted by Gasteiger charge is 2.11. The SMILES string of the molecule is CNC(=O)C1=CC=C(N=NC2=CC=C(N)CC2)CC1. The molecule has 0 fully saturated rings. The van der Waals surface area contributed by atoms with Gasteiger partial charge in [-0.2, -0.15) is 10.2 Å². The van der Waals surface area contributed by atoms with Crippen LogP contribution in [-0.2, 0) is 4.79 Å². The van der Waals surface area contributed by atoms with E-state index in [9.17, 15) is 4.79 Å². The third-order valence-electron chi connectivity index (χ3n) is 3.11. The van der Waals surface area contributed by atoms with Crippen molar-refractivity contribution >= 4 is 5.91 Å². The van der Waals surface area contributed by atoms with Crippen molar-refractivity contribution in [2.24, 2.45) is 16.0 Å². The Labute approximate surface area is 112 Å². The van der Waals surface area contributed by atoms with Crippen LogP contribution in [0, 0.1) is 0 Å². The van der Waals surface area contributed by atoms with Crippen LogP contribution >= 0.6 is 0 Å². The first-order chi connectivity index (χ1) is 9.19. The normalized spacial score (nSPS) is 19.4. The summed E-state index contributed by atoms with van der Waals surface area (Å²) in [5, 5.41) is 11.1. The molecule has 2 aliphatic carbocycles. The van der Waals surface area contributed by atoms with Gasteiger partial charge in [-0.3, -0.25) is 4.79 Å². The molecular weight excluding hydrogens is 240 g/mol. The van der Waals surface area contributed by atoms with Crippen molar-refractivity contribution in [2.45, 2.75) is 25.7 Å². The van der Waals surface area contributed by atoms with E-state index in [1.54, 1.807) is 7.05 Å². The van der Waals surface area contributed by atoms with Crippen LogP contribution in [0.4, 0.5) is 0 Å². The van der Waals surface area contributed by atoms with Gasteiger partial charge >= 0.3 is 0 Å². The molecule has 0 heterocycles. The van der Waals surface area contributed by atoms with Gasteiger partial charge in [-0.1, -0.05) is 6.08 Å². The van der Waals surface area contributed by atoms with Gasteiger partial charge in [-0.25, -0.2) is 0 Å². The van der Waals surface area contributed by atoms with E-state index in [2.05, 4.69) is 15.5 Å². The molecule has 0 atom stereocenters. The highest BCUT2D eigenvalue weighted by Crippen LogP contribution is 2.22. The fourth-order valence-corrected chi connectivity index (χ4v) is 1.91. The van der Waals surface area contributed by atoms with Crippen molar-refractivity contribution in [1.29, 1.82) is 0 Å². The third kappa shape index (κ3) is 3.64. The van der Waals surface area contributed by atoms with Crippen molar-refractivity contribution in [3.63, 3.8) is 0 Å². The molecule has 0 saturated carbocycles. The topological polar surface area (TPSA) is 79.8 Å². The third-order valence-corrected chi connectivity index (χ3v) is 3.11. The Morgan fingerprint density at radius 2 is 1.68 bits per heavy atom. The van der Waals surface area contributed by atoms with Crippen molar-refractivity contribution in [3.8, 4) is 0 Å². The van der Waals surface area contributed by atoms with Crippen LogP contribution in [0.3, 0.4) is 0 Å². The lowest BCUT2D eigenvalue weighted by atomic mass is 10.0. The first-order valence-electron chi connectivity index (χ1n) is 6.38. The molecule has 2 aliphatic rings. The van der Waals surface area contributed by atoms with Gasteiger partial charge in [0, 0.05) is 18.3 Å². The molecule has 19 heavy (non-hydrogen) atoms. The summed E-state index contributed by atoms with van der Waals surface area (Å²) in [7, 11) is 1.64. The largest absolute Gasteiger partial charge is 0.402 e. The van der Waals surface area contributed by atoms with Gasteiger partial charge in [0.15, 0.2) is 0 Å². The molecule has 100 valence electrons. The fraction of sp³-hybridized carbons (Fsp3) is 0.357. The molecule has 0 aliphatic heterocycles. The van der Waals surface area contributed by atoms with Gasteiger partial charge < -0.3 is 11.1 Å². The second-order valence-corrected chi connectivity index (χ2v) is 4.53. The smallest absolute Gasteiger partial charge is 0.246 e. The predicted molar refractivity (Wildman–Crippen MR) is 73.9 cm³/mol. The number of nitrogens with zero attached hydrogens (tertiary/aromatic N) is 2. The summed E-state index contributed by atoms with van der Waals surface area (Å²) in [5.74, 6) is -0.0251. The van der Waals surface area contributed by atoms with E-state index in [-0.39, 0.29) is 5.91 Å². The number of hydrogen-bond acceptors (Lipinski definition) is 4. The van der Waals surface area contributed by atoms with Gasteiger partial charge in [0.2, 0.25) is 5.91 Å². The Kier molecular flexibility index (Phi) is 4.28. The molecule has 1 amide bonds. The Balaban J connectivity index is 2.00. The molecule has 0 aromatic rings. The van der Waals surface area contributed by atoms with Gasteiger partial charge in [0.1, 0.15) is 0 Å². The molecule has 0 unspecified atom stereocenters. The van der Waals surface area contributed by atoms with Crippen LogP contribution in [0.15, 0.2) is 57.2 Å². The highest BCUT2D eigenvalue weighted by atomic mass is 16.1. The monoisotopic (exact) mass is 258 g/mol. The molecule has 2 rings (SSSR count). The fourth-order valence-electron chi connectivity index (χ4n) is 1.91. The number of rotatable bonds is 3. The zero-order valence-corrected chi connectivity index (χ0v) is 11.0. The minimum Gasteiger partial charge on any atom is -0.402 e. The summed E-state index contributed by atoms with van der Waals surface area (Å²) in [4.78, 5) is 11.4. The second-order valence-electron chi connectivity index (χ2n) is 4.53. The van der Waals surface area contributed by atoms with Crippen LogP contribution in [0.1, 0.15) is 25.7 Å². The van der Waals surface area contributed by atoms with E-state index in [0.29, 0.717) is 6.42 Å². The molecule has 5 heteroatoms. The first-order valence-corrected chi connectivity index (χ1v) is 6.38. The lowest BCUT2D eigenvalue weighted by Crippen LogP contribution is -2.20. The van der Waals surface area contributed by atoms with Crippen molar-refractivity contribution in [3.05, 3.63) is 47.0 Å². The number of carbonyl (C=O) groups is 1. The maximum atomic E-state index is 11.4. The molecule has 5 nitrogen and oxygen atoms in total. The van der Waals surface area contributed by atoms with Gasteiger partial charge in [0.05, 0.1) is 11.4 Å². The van der Waals surface area contributed by atoms with E-state index in [1.807, 2.05) is 24.3 Å². The molecule has 0 aromatic heterocycles. The van der Waals surface area contributed by atoms with E-state index < -0.39 is 0 Å². The Morgan fingerprint density at radius 3 is 2.16 bits per heavy atom. The Morgan fingerprint density at radius 1 is 1.05 bits per heavy atom. The molecule has 0 aromatic carbocycles. The standard InChI is InChI=1S/C14H18N4O/c1-16-14(19)10-2-6-12(7-3-10)17-18-13-8-4-11(15)5-9-13/h2,4,6,8H,3,5,7,9,15H2,1H3,(H,16,19). The Bertz CT molecular complexity index is 524. The number of nitrogens with one attached hydrogen (secondary N) is 1. The van der Waals surface area contributed by atoms with Crippen LogP contribution in [0.5, 0.6) is 0 Å². The van der Waals surface area contributed by atoms with E-state index >= 15 is 0 Å². The van der Waals surface area contributed by atoms with E-state index in [0.717, 1.165) is 41.9 Å². The minimum absolute atomic E-state index is 0.0251. The van der Waals surface area contributed by atoms with Crippen LogP contribution in [-0.4, -0.2) is 13.0 Å². The average Bonchev–Trinajstić information content (AvgIpc) is 2.46. The van der Waals surface area contributed by atoms with Crippen LogP contribution in [0.25, 0.3) is 0 Å². The lowest BCUT2D eigenvalue weighted by molar-refractivity contribution is -0.117. The van der Waals surface area contributed by atoms with E-state index in [4.69, 9.17) is 5.73 Å². The Hall–Kier alpha value is -2.17. The van der Waals surface area contributed by atoms with Crippen molar-refractivity contribution in [1.82, 2.24) is 5.32 Å². The number of hydrogen-bond donors (Lipinski definition) is 2. The first kappa shape index (κ1) is 13.3. The van der Waals surface area contributed by atoms with E-state index in [1.165, 1.54) is 0 Å². The molecule has 0 radical (unpaired) electrons.